The first kappa shape index (κ1) is 27.7. The summed E-state index contributed by atoms with van der Waals surface area (Å²) in [5, 5.41) is 0.649. The average Bonchev–Trinajstić information content (AvgIpc) is 3.28. The minimum atomic E-state index is -0.288. The predicted molar refractivity (Wildman–Crippen MR) is 144 cm³/mol. The largest absolute Gasteiger partial charge is 0.497 e. The fourth-order valence-corrected chi connectivity index (χ4v) is 5.71. The highest BCUT2D eigenvalue weighted by molar-refractivity contribution is 7.99. The number of amides is 1. The molecule has 0 bridgehead atoms. The van der Waals surface area contributed by atoms with Gasteiger partial charge in [-0.15, -0.1) is 24.2 Å². The van der Waals surface area contributed by atoms with Gasteiger partial charge in [0.25, 0.3) is 0 Å². The number of hydrogen-bond acceptors (Lipinski definition) is 7. The van der Waals surface area contributed by atoms with Crippen LogP contribution in [0.25, 0.3) is 10.2 Å². The van der Waals surface area contributed by atoms with Gasteiger partial charge in [-0.2, -0.15) is 0 Å². The third-order valence-corrected chi connectivity index (χ3v) is 7.83. The summed E-state index contributed by atoms with van der Waals surface area (Å²) in [5.41, 5.74) is 0.724. The molecule has 0 atom stereocenters. The predicted octanol–water partition coefficient (Wildman–Crippen LogP) is 5.49. The molecule has 0 unspecified atom stereocenters. The number of aromatic nitrogens is 1. The number of carbonyl (C=O) groups is 1. The Morgan fingerprint density at radius 3 is 2.71 bits per heavy atom. The van der Waals surface area contributed by atoms with Crippen molar-refractivity contribution in [2.24, 2.45) is 0 Å². The molecule has 1 saturated heterocycles. The molecular formula is C25H31ClFN3O3S2. The molecular weight excluding hydrogens is 509 g/mol. The summed E-state index contributed by atoms with van der Waals surface area (Å²) in [6.07, 6.45) is 2.08. The van der Waals surface area contributed by atoms with Crippen LogP contribution in [-0.4, -0.2) is 68.0 Å². The number of halogens is 2. The van der Waals surface area contributed by atoms with E-state index in [1.54, 1.807) is 29.8 Å². The van der Waals surface area contributed by atoms with Crippen LogP contribution in [0.4, 0.5) is 9.52 Å². The van der Waals surface area contributed by atoms with Gasteiger partial charge in [0.15, 0.2) is 5.13 Å². The van der Waals surface area contributed by atoms with Crippen LogP contribution in [0.3, 0.4) is 0 Å². The molecule has 1 aromatic heterocycles. The van der Waals surface area contributed by atoms with Gasteiger partial charge in [0.05, 0.1) is 30.5 Å². The number of benzene rings is 2. The zero-order chi connectivity index (χ0) is 23.8. The number of thioether (sulfide) groups is 1. The van der Waals surface area contributed by atoms with E-state index >= 15 is 0 Å². The summed E-state index contributed by atoms with van der Waals surface area (Å²) in [7, 11) is 1.66. The molecule has 3 aromatic rings. The molecule has 4 rings (SSSR count). The summed E-state index contributed by atoms with van der Waals surface area (Å²) in [5.74, 6) is 1.47. The number of fused-ring (bicyclic) bond motifs is 1. The molecule has 10 heteroatoms. The number of carbonyl (C=O) groups excluding carboxylic acids is 1. The van der Waals surface area contributed by atoms with E-state index in [0.29, 0.717) is 18.1 Å². The fraction of sp³-hybridized carbons (Fsp3) is 0.440. The van der Waals surface area contributed by atoms with Gasteiger partial charge in [-0.1, -0.05) is 11.3 Å². The van der Waals surface area contributed by atoms with Crippen molar-refractivity contribution in [1.82, 2.24) is 9.88 Å². The highest BCUT2D eigenvalue weighted by Gasteiger charge is 2.20. The molecule has 0 radical (unpaired) electrons. The van der Waals surface area contributed by atoms with Crippen LogP contribution < -0.4 is 9.64 Å². The van der Waals surface area contributed by atoms with Crippen molar-refractivity contribution in [1.29, 1.82) is 0 Å². The number of ether oxygens (including phenoxy) is 2. The maximum atomic E-state index is 13.7. The standard InChI is InChI=1S/C25H30FN3O3S2.ClH/c1-31-20-6-8-21(9-7-20)33-17-2-4-24(30)29(12-3-11-28-13-15-32-16-14-28)25-27-22-10-5-19(26)18-23(22)34-25;/h5-10,18H,2-4,11-17H2,1H3;1H. The first-order valence-corrected chi connectivity index (χ1v) is 13.4. The van der Waals surface area contributed by atoms with E-state index < -0.39 is 0 Å². The lowest BCUT2D eigenvalue weighted by atomic mass is 10.2. The third kappa shape index (κ3) is 8.05. The molecule has 0 spiro atoms. The van der Waals surface area contributed by atoms with Crippen LogP contribution in [0.1, 0.15) is 19.3 Å². The molecule has 190 valence electrons. The van der Waals surface area contributed by atoms with Crippen LogP contribution >= 0.6 is 35.5 Å². The van der Waals surface area contributed by atoms with Crippen molar-refractivity contribution in [3.05, 3.63) is 48.3 Å². The Kier molecular flexibility index (Phi) is 11.1. The lowest BCUT2D eigenvalue weighted by Crippen LogP contribution is -2.39. The number of nitrogens with zero attached hydrogens (tertiary/aromatic N) is 3. The van der Waals surface area contributed by atoms with Crippen molar-refractivity contribution in [2.45, 2.75) is 24.2 Å². The van der Waals surface area contributed by atoms with Crippen LogP contribution in [0.5, 0.6) is 5.75 Å². The Morgan fingerprint density at radius 2 is 1.97 bits per heavy atom. The van der Waals surface area contributed by atoms with Gasteiger partial charge in [-0.25, -0.2) is 9.37 Å². The molecule has 0 N–H and O–H groups in total. The summed E-state index contributed by atoms with van der Waals surface area (Å²) in [6.45, 7) is 4.90. The Labute approximate surface area is 220 Å². The quantitative estimate of drug-likeness (QED) is 0.237. The molecule has 1 aliphatic heterocycles. The lowest BCUT2D eigenvalue weighted by molar-refractivity contribution is -0.118. The van der Waals surface area contributed by atoms with Gasteiger partial charge in [0, 0.05) is 37.5 Å². The van der Waals surface area contributed by atoms with Gasteiger partial charge >= 0.3 is 0 Å². The Morgan fingerprint density at radius 1 is 1.20 bits per heavy atom. The number of morpholine rings is 1. The molecule has 0 saturated carbocycles. The van der Waals surface area contributed by atoms with Crippen molar-refractivity contribution in [3.8, 4) is 5.75 Å². The van der Waals surface area contributed by atoms with Crippen molar-refractivity contribution >= 4 is 56.8 Å². The molecule has 6 nitrogen and oxygen atoms in total. The Balaban J connectivity index is 0.00000342. The average molecular weight is 540 g/mol. The van der Waals surface area contributed by atoms with Gasteiger partial charge in [-0.3, -0.25) is 14.6 Å². The van der Waals surface area contributed by atoms with E-state index in [2.05, 4.69) is 9.88 Å². The number of hydrogen-bond donors (Lipinski definition) is 0. The Bertz CT molecular complexity index is 1080. The van der Waals surface area contributed by atoms with E-state index in [0.717, 1.165) is 72.3 Å². The smallest absolute Gasteiger partial charge is 0.228 e. The van der Waals surface area contributed by atoms with Crippen LogP contribution in [0, 0.1) is 5.82 Å². The monoisotopic (exact) mass is 539 g/mol. The first-order chi connectivity index (χ1) is 16.6. The summed E-state index contributed by atoms with van der Waals surface area (Å²) in [6, 6.07) is 12.5. The fourth-order valence-electron chi connectivity index (χ4n) is 3.83. The van der Waals surface area contributed by atoms with Gasteiger partial charge in [0.1, 0.15) is 11.6 Å². The van der Waals surface area contributed by atoms with Crippen molar-refractivity contribution < 1.29 is 18.7 Å². The van der Waals surface area contributed by atoms with Gasteiger partial charge in [-0.05, 0) is 61.1 Å². The highest BCUT2D eigenvalue weighted by atomic mass is 35.5. The number of methoxy groups -OCH3 is 1. The van der Waals surface area contributed by atoms with Crippen LogP contribution in [0.2, 0.25) is 0 Å². The Hall–Kier alpha value is -1.91. The molecule has 1 aliphatic rings. The lowest BCUT2D eigenvalue weighted by Gasteiger charge is -2.27. The third-order valence-electron chi connectivity index (χ3n) is 5.69. The molecule has 0 aliphatic carbocycles. The van der Waals surface area contributed by atoms with Crippen LogP contribution in [-0.2, 0) is 9.53 Å². The molecule has 35 heavy (non-hydrogen) atoms. The molecule has 1 amide bonds. The summed E-state index contributed by atoms with van der Waals surface area (Å²) >= 11 is 3.11. The van der Waals surface area contributed by atoms with E-state index in [1.807, 2.05) is 24.3 Å². The summed E-state index contributed by atoms with van der Waals surface area (Å²) in [4.78, 5) is 23.2. The molecule has 2 heterocycles. The van der Waals surface area contributed by atoms with E-state index in [4.69, 9.17) is 9.47 Å². The number of anilines is 1. The van der Waals surface area contributed by atoms with Crippen LogP contribution in [0.15, 0.2) is 47.4 Å². The second-order valence-electron chi connectivity index (χ2n) is 8.09. The first-order valence-electron chi connectivity index (χ1n) is 11.6. The van der Waals surface area contributed by atoms with E-state index in [-0.39, 0.29) is 24.1 Å². The maximum absolute atomic E-state index is 13.7. The second-order valence-corrected chi connectivity index (χ2v) is 10.3. The van der Waals surface area contributed by atoms with E-state index in [9.17, 15) is 9.18 Å². The molecule has 2 aromatic carbocycles. The minimum Gasteiger partial charge on any atom is -0.497 e. The number of rotatable bonds is 11. The minimum absolute atomic E-state index is 0. The normalized spacial score (nSPS) is 14.0. The maximum Gasteiger partial charge on any atom is 0.228 e. The zero-order valence-electron chi connectivity index (χ0n) is 19.8. The van der Waals surface area contributed by atoms with E-state index in [1.165, 1.54) is 23.5 Å². The molecule has 1 fully saturated rings. The number of thiazole rings is 1. The van der Waals surface area contributed by atoms with Crippen molar-refractivity contribution in [2.75, 3.05) is 57.2 Å². The summed E-state index contributed by atoms with van der Waals surface area (Å²) < 4.78 is 25.1. The SMILES string of the molecule is COc1ccc(SCCCC(=O)N(CCCN2CCOCC2)c2nc3ccc(F)cc3s2)cc1.Cl. The van der Waals surface area contributed by atoms with Gasteiger partial charge in [0.2, 0.25) is 5.91 Å². The van der Waals surface area contributed by atoms with Gasteiger partial charge < -0.3 is 9.47 Å². The highest BCUT2D eigenvalue weighted by Crippen LogP contribution is 2.30. The van der Waals surface area contributed by atoms with Crippen molar-refractivity contribution in [3.63, 3.8) is 0 Å². The zero-order valence-corrected chi connectivity index (χ0v) is 22.2. The topological polar surface area (TPSA) is 54.9 Å². The second kappa shape index (κ2) is 14.0.